The van der Waals surface area contributed by atoms with E-state index in [1.54, 1.807) is 5.32 Å². The third-order valence-electron chi connectivity index (χ3n) is 2.37. The van der Waals surface area contributed by atoms with Gasteiger partial charge in [-0.05, 0) is 18.2 Å². The molecule has 0 bridgehead atoms. The van der Waals surface area contributed by atoms with Crippen LogP contribution >= 0.6 is 0 Å². The molecule has 0 spiro atoms. The molecule has 0 fully saturated rings. The van der Waals surface area contributed by atoms with Gasteiger partial charge in [0.15, 0.2) is 0 Å². The molecule has 1 amide bonds. The van der Waals surface area contributed by atoms with Crippen LogP contribution in [0.5, 0.6) is 0 Å². The minimum absolute atomic E-state index is 0.136. The normalized spacial score (nSPS) is 11.2. The Balaban J connectivity index is 2.36. The van der Waals surface area contributed by atoms with E-state index in [4.69, 9.17) is 0 Å². The van der Waals surface area contributed by atoms with Crippen molar-refractivity contribution in [3.8, 4) is 11.1 Å². The highest BCUT2D eigenvalue weighted by molar-refractivity contribution is 5.98. The number of pyridine rings is 2. The summed E-state index contributed by atoms with van der Waals surface area (Å²) in [6, 6.07) is 3.78. The van der Waals surface area contributed by atoms with Gasteiger partial charge >= 0.3 is 12.1 Å². The van der Waals surface area contributed by atoms with E-state index < -0.39 is 18.0 Å². The quantitative estimate of drug-likeness (QED) is 0.682. The average molecular weight is 285 g/mol. The van der Waals surface area contributed by atoms with Crippen molar-refractivity contribution in [2.75, 3.05) is 5.32 Å². The lowest BCUT2D eigenvalue weighted by Gasteiger charge is -2.11. The first-order valence-electron chi connectivity index (χ1n) is 5.32. The molecule has 104 valence electrons. The second-order valence-corrected chi connectivity index (χ2v) is 3.74. The molecule has 0 aliphatic heterocycles. The molecule has 1 N–H and O–H groups in total. The van der Waals surface area contributed by atoms with Gasteiger partial charge in [0.1, 0.15) is 0 Å². The third-order valence-corrected chi connectivity index (χ3v) is 2.37. The molecule has 20 heavy (non-hydrogen) atoms. The highest BCUT2D eigenvalue weighted by Gasteiger charge is 2.39. The summed E-state index contributed by atoms with van der Waals surface area (Å²) in [6.45, 7) is 0. The van der Waals surface area contributed by atoms with Gasteiger partial charge in [-0.15, -0.1) is 0 Å². The van der Waals surface area contributed by atoms with Crippen LogP contribution in [0.3, 0.4) is 0 Å². The summed E-state index contributed by atoms with van der Waals surface area (Å²) in [5.41, 5.74) is 0.472. The zero-order valence-corrected chi connectivity index (χ0v) is 9.78. The third kappa shape index (κ3) is 3.08. The average Bonchev–Trinajstić information content (AvgIpc) is 2.39. The summed E-state index contributed by atoms with van der Waals surface area (Å²) in [6.07, 6.45) is -1.45. The summed E-state index contributed by atoms with van der Waals surface area (Å²) in [4.78, 5) is 18.0. The molecular weight excluding hydrogens is 278 g/mol. The van der Waals surface area contributed by atoms with Crippen LogP contribution in [0.25, 0.3) is 11.1 Å². The van der Waals surface area contributed by atoms with Crippen molar-refractivity contribution in [1.29, 1.82) is 0 Å². The fraction of sp³-hybridized carbons (Fsp3) is 0.0833. The number of hydrogen-bond donors (Lipinski definition) is 1. The Morgan fingerprint density at radius 3 is 2.50 bits per heavy atom. The predicted molar refractivity (Wildman–Crippen MR) is 62.1 cm³/mol. The van der Waals surface area contributed by atoms with Crippen LogP contribution in [0.1, 0.15) is 0 Å². The Hall–Kier alpha value is -2.51. The van der Waals surface area contributed by atoms with E-state index in [9.17, 15) is 22.4 Å². The lowest BCUT2D eigenvalue weighted by molar-refractivity contribution is -0.167. The number of nitrogens with one attached hydrogen (secondary N) is 1. The molecule has 0 aliphatic carbocycles. The molecule has 2 heterocycles. The van der Waals surface area contributed by atoms with E-state index in [2.05, 4.69) is 9.97 Å². The fourth-order valence-electron chi connectivity index (χ4n) is 1.47. The Bertz CT molecular complexity index is 625. The molecule has 4 nitrogen and oxygen atoms in total. The van der Waals surface area contributed by atoms with Crippen LogP contribution in [0, 0.1) is 5.95 Å². The van der Waals surface area contributed by atoms with Crippen molar-refractivity contribution >= 4 is 11.6 Å². The maximum Gasteiger partial charge on any atom is 0.471 e. The highest BCUT2D eigenvalue weighted by Crippen LogP contribution is 2.28. The number of hydrogen-bond acceptors (Lipinski definition) is 3. The van der Waals surface area contributed by atoms with E-state index >= 15 is 0 Å². The van der Waals surface area contributed by atoms with Gasteiger partial charge in [-0.2, -0.15) is 17.6 Å². The van der Waals surface area contributed by atoms with Gasteiger partial charge in [-0.1, -0.05) is 0 Å². The topological polar surface area (TPSA) is 54.9 Å². The molecule has 0 saturated heterocycles. The Morgan fingerprint density at radius 1 is 1.15 bits per heavy atom. The van der Waals surface area contributed by atoms with E-state index in [0.29, 0.717) is 5.56 Å². The lowest BCUT2D eigenvalue weighted by atomic mass is 10.1. The number of carbonyl (C=O) groups is 1. The van der Waals surface area contributed by atoms with E-state index in [0.717, 1.165) is 18.5 Å². The molecule has 0 atom stereocenters. The smallest absolute Gasteiger partial charge is 0.316 e. The van der Waals surface area contributed by atoms with Crippen LogP contribution in [-0.4, -0.2) is 22.1 Å². The van der Waals surface area contributed by atoms with Gasteiger partial charge in [-0.3, -0.25) is 9.78 Å². The first-order valence-corrected chi connectivity index (χ1v) is 5.32. The molecule has 2 rings (SSSR count). The Morgan fingerprint density at radius 2 is 1.90 bits per heavy atom. The van der Waals surface area contributed by atoms with E-state index in [1.807, 2.05) is 0 Å². The number of nitrogens with zero attached hydrogens (tertiary/aromatic N) is 2. The molecule has 0 unspecified atom stereocenters. The predicted octanol–water partition coefficient (Wildman–Crippen LogP) is 2.78. The second kappa shape index (κ2) is 5.24. The molecule has 8 heteroatoms. The Labute approximate surface area is 110 Å². The maximum absolute atomic E-state index is 12.7. The van der Waals surface area contributed by atoms with Gasteiger partial charge in [0.25, 0.3) is 0 Å². The molecular formula is C12H7F4N3O. The van der Waals surface area contributed by atoms with Crippen molar-refractivity contribution in [2.45, 2.75) is 6.18 Å². The second-order valence-electron chi connectivity index (χ2n) is 3.74. The van der Waals surface area contributed by atoms with Crippen LogP contribution in [0.2, 0.25) is 0 Å². The first-order chi connectivity index (χ1) is 9.38. The van der Waals surface area contributed by atoms with E-state index in [1.165, 1.54) is 18.3 Å². The molecule has 0 saturated carbocycles. The molecule has 2 aromatic heterocycles. The summed E-state index contributed by atoms with van der Waals surface area (Å²) in [5.74, 6) is -2.83. The van der Waals surface area contributed by atoms with Crippen molar-refractivity contribution in [1.82, 2.24) is 9.97 Å². The number of rotatable bonds is 2. The minimum Gasteiger partial charge on any atom is -0.316 e. The number of carbonyl (C=O) groups excluding carboxylic acids is 1. The monoisotopic (exact) mass is 285 g/mol. The maximum atomic E-state index is 12.7. The summed E-state index contributed by atoms with van der Waals surface area (Å²) in [7, 11) is 0. The van der Waals surface area contributed by atoms with Gasteiger partial charge < -0.3 is 5.32 Å². The fourth-order valence-corrected chi connectivity index (χ4v) is 1.47. The Kier molecular flexibility index (Phi) is 3.64. The molecule has 0 aromatic carbocycles. The number of amides is 1. The number of anilines is 1. The largest absolute Gasteiger partial charge is 0.471 e. The molecule has 2 aromatic rings. The lowest BCUT2D eigenvalue weighted by Crippen LogP contribution is -2.30. The van der Waals surface area contributed by atoms with Crippen molar-refractivity contribution in [3.63, 3.8) is 0 Å². The highest BCUT2D eigenvalue weighted by atomic mass is 19.4. The number of alkyl halides is 3. The zero-order valence-electron chi connectivity index (χ0n) is 9.78. The van der Waals surface area contributed by atoms with Crippen LogP contribution in [0.4, 0.5) is 23.2 Å². The SMILES string of the molecule is O=C(Nc1cnccc1-c1ccc(F)nc1)C(F)(F)F. The summed E-state index contributed by atoms with van der Waals surface area (Å²) >= 11 is 0. The van der Waals surface area contributed by atoms with Crippen LogP contribution in [-0.2, 0) is 4.79 Å². The summed E-state index contributed by atoms with van der Waals surface area (Å²) in [5, 5.41) is 1.72. The van der Waals surface area contributed by atoms with Crippen molar-refractivity contribution in [3.05, 3.63) is 42.7 Å². The van der Waals surface area contributed by atoms with Crippen LogP contribution < -0.4 is 5.32 Å². The van der Waals surface area contributed by atoms with Gasteiger partial charge in [-0.25, -0.2) is 4.98 Å². The van der Waals surface area contributed by atoms with Gasteiger partial charge in [0.2, 0.25) is 5.95 Å². The zero-order chi connectivity index (χ0) is 14.8. The van der Waals surface area contributed by atoms with Gasteiger partial charge in [0, 0.05) is 23.5 Å². The molecule has 0 radical (unpaired) electrons. The van der Waals surface area contributed by atoms with Gasteiger partial charge in [0.05, 0.1) is 11.9 Å². The number of halogens is 4. The van der Waals surface area contributed by atoms with Crippen molar-refractivity contribution in [2.24, 2.45) is 0 Å². The summed E-state index contributed by atoms with van der Waals surface area (Å²) < 4.78 is 49.4. The minimum atomic E-state index is -5.01. The number of aromatic nitrogens is 2. The van der Waals surface area contributed by atoms with E-state index in [-0.39, 0.29) is 11.3 Å². The van der Waals surface area contributed by atoms with Crippen LogP contribution in [0.15, 0.2) is 36.8 Å². The standard InChI is InChI=1S/C12H7F4N3O/c13-10-2-1-7(5-18-10)8-3-4-17-6-9(8)19-11(20)12(14,15)16/h1-6H,(H,19,20). The van der Waals surface area contributed by atoms with Crippen molar-refractivity contribution < 1.29 is 22.4 Å². The first kappa shape index (κ1) is 13.9. The molecule has 0 aliphatic rings.